The fourth-order valence-electron chi connectivity index (χ4n) is 3.64. The lowest BCUT2D eigenvalue weighted by Gasteiger charge is -2.29. The fourth-order valence-corrected chi connectivity index (χ4v) is 3.64. The Kier molecular flexibility index (Phi) is 5.72. The first-order valence-electron chi connectivity index (χ1n) is 9.11. The fraction of sp³-hybridized carbons (Fsp3) is 0.579. The van der Waals surface area contributed by atoms with Gasteiger partial charge in [-0.2, -0.15) is 0 Å². The number of nitrogens with one attached hydrogen (secondary N) is 2. The minimum Gasteiger partial charge on any atom is -0.336 e. The Hall–Kier alpha value is -2.04. The minimum atomic E-state index is -0.215. The van der Waals surface area contributed by atoms with Crippen LogP contribution in [0, 0.1) is 0 Å². The van der Waals surface area contributed by atoms with Crippen LogP contribution in [0.4, 0.5) is 4.79 Å². The lowest BCUT2D eigenvalue weighted by atomic mass is 10.00. The van der Waals surface area contributed by atoms with Gasteiger partial charge in [-0.1, -0.05) is 49.9 Å². The zero-order valence-electron chi connectivity index (χ0n) is 14.2. The number of benzene rings is 1. The van der Waals surface area contributed by atoms with Crippen LogP contribution in [0.1, 0.15) is 49.7 Å². The van der Waals surface area contributed by atoms with Crippen LogP contribution >= 0.6 is 0 Å². The Morgan fingerprint density at radius 2 is 1.75 bits per heavy atom. The van der Waals surface area contributed by atoms with Gasteiger partial charge in [0.2, 0.25) is 5.91 Å². The van der Waals surface area contributed by atoms with E-state index in [0.29, 0.717) is 6.54 Å². The van der Waals surface area contributed by atoms with Gasteiger partial charge in [-0.3, -0.25) is 4.79 Å². The number of fused-ring (bicyclic) bond motifs is 1. The molecule has 0 spiro atoms. The Morgan fingerprint density at radius 3 is 2.50 bits per heavy atom. The molecule has 0 bridgehead atoms. The summed E-state index contributed by atoms with van der Waals surface area (Å²) in [5.41, 5.74) is 2.53. The zero-order chi connectivity index (χ0) is 16.8. The molecule has 1 fully saturated rings. The highest BCUT2D eigenvalue weighted by molar-refractivity contribution is 5.84. The first kappa shape index (κ1) is 16.8. The first-order chi connectivity index (χ1) is 11.7. The molecule has 5 heteroatoms. The van der Waals surface area contributed by atoms with E-state index in [1.165, 1.54) is 36.8 Å². The SMILES string of the molecule is O=C(NCC(=O)N1CCc2ccccc2C1)NC1CCCCCC1. The van der Waals surface area contributed by atoms with Gasteiger partial charge in [0.25, 0.3) is 0 Å². The van der Waals surface area contributed by atoms with E-state index in [0.717, 1.165) is 25.8 Å². The van der Waals surface area contributed by atoms with E-state index in [4.69, 9.17) is 0 Å². The van der Waals surface area contributed by atoms with Gasteiger partial charge in [0, 0.05) is 19.1 Å². The van der Waals surface area contributed by atoms with Gasteiger partial charge in [-0.25, -0.2) is 4.79 Å². The number of hydrogen-bond acceptors (Lipinski definition) is 2. The predicted molar refractivity (Wildman–Crippen MR) is 93.6 cm³/mol. The molecule has 0 radical (unpaired) electrons. The topological polar surface area (TPSA) is 61.4 Å². The van der Waals surface area contributed by atoms with Gasteiger partial charge in [-0.15, -0.1) is 0 Å². The molecule has 2 N–H and O–H groups in total. The van der Waals surface area contributed by atoms with E-state index >= 15 is 0 Å². The van der Waals surface area contributed by atoms with Crippen LogP contribution in [0.15, 0.2) is 24.3 Å². The molecule has 2 aliphatic rings. The third-order valence-electron chi connectivity index (χ3n) is 5.07. The Labute approximate surface area is 143 Å². The summed E-state index contributed by atoms with van der Waals surface area (Å²) in [4.78, 5) is 26.2. The highest BCUT2D eigenvalue weighted by Gasteiger charge is 2.21. The Bertz CT molecular complexity index is 580. The molecular weight excluding hydrogens is 302 g/mol. The minimum absolute atomic E-state index is 0.0134. The van der Waals surface area contributed by atoms with Crippen molar-refractivity contribution >= 4 is 11.9 Å². The van der Waals surface area contributed by atoms with Gasteiger partial charge >= 0.3 is 6.03 Å². The smallest absolute Gasteiger partial charge is 0.315 e. The number of rotatable bonds is 3. The van der Waals surface area contributed by atoms with Gasteiger partial charge in [0.15, 0.2) is 0 Å². The van der Waals surface area contributed by atoms with Crippen molar-refractivity contribution in [3.05, 3.63) is 35.4 Å². The molecule has 1 saturated carbocycles. The van der Waals surface area contributed by atoms with Crippen molar-refractivity contribution in [1.82, 2.24) is 15.5 Å². The summed E-state index contributed by atoms with van der Waals surface area (Å²) in [6.07, 6.45) is 7.85. The van der Waals surface area contributed by atoms with Crippen molar-refractivity contribution in [3.63, 3.8) is 0 Å². The van der Waals surface area contributed by atoms with E-state index in [9.17, 15) is 9.59 Å². The molecule has 3 rings (SSSR count). The van der Waals surface area contributed by atoms with Gasteiger partial charge in [-0.05, 0) is 30.4 Å². The largest absolute Gasteiger partial charge is 0.336 e. The predicted octanol–water partition coefficient (Wildman–Crippen LogP) is 2.59. The molecule has 1 aliphatic heterocycles. The molecule has 1 aliphatic carbocycles. The molecule has 1 heterocycles. The summed E-state index contributed by atoms with van der Waals surface area (Å²) < 4.78 is 0. The van der Waals surface area contributed by atoms with Crippen molar-refractivity contribution in [2.24, 2.45) is 0 Å². The summed E-state index contributed by atoms with van der Waals surface area (Å²) in [6, 6.07) is 8.27. The van der Waals surface area contributed by atoms with E-state index in [-0.39, 0.29) is 24.5 Å². The molecular formula is C19H27N3O2. The zero-order valence-corrected chi connectivity index (χ0v) is 14.2. The van der Waals surface area contributed by atoms with Crippen molar-refractivity contribution in [2.75, 3.05) is 13.1 Å². The van der Waals surface area contributed by atoms with Crippen LogP contribution in [0.2, 0.25) is 0 Å². The number of carbonyl (C=O) groups excluding carboxylic acids is 2. The summed E-state index contributed by atoms with van der Waals surface area (Å²) >= 11 is 0. The summed E-state index contributed by atoms with van der Waals surface area (Å²) in [6.45, 7) is 1.43. The first-order valence-corrected chi connectivity index (χ1v) is 9.11. The molecule has 0 unspecified atom stereocenters. The summed E-state index contributed by atoms with van der Waals surface area (Å²) in [5, 5.41) is 5.74. The standard InChI is InChI=1S/C19H27N3O2/c23-18(22-12-11-15-7-5-6-8-16(15)14-22)13-20-19(24)21-17-9-3-1-2-4-10-17/h5-8,17H,1-4,9-14H2,(H2,20,21,24). The lowest BCUT2D eigenvalue weighted by Crippen LogP contribution is -2.47. The molecule has 0 aromatic heterocycles. The molecule has 24 heavy (non-hydrogen) atoms. The number of carbonyl (C=O) groups is 2. The van der Waals surface area contributed by atoms with Gasteiger partial charge < -0.3 is 15.5 Å². The molecule has 130 valence electrons. The second-order valence-corrected chi connectivity index (χ2v) is 6.85. The Balaban J connectivity index is 1.43. The van der Waals surface area contributed by atoms with Crippen molar-refractivity contribution in [2.45, 2.75) is 57.5 Å². The van der Waals surface area contributed by atoms with Crippen LogP contribution in [0.5, 0.6) is 0 Å². The highest BCUT2D eigenvalue weighted by Crippen LogP contribution is 2.18. The maximum absolute atomic E-state index is 12.3. The third kappa shape index (κ3) is 4.49. The summed E-state index contributed by atoms with van der Waals surface area (Å²) in [5.74, 6) is -0.0134. The monoisotopic (exact) mass is 329 g/mol. The van der Waals surface area contributed by atoms with E-state index < -0.39 is 0 Å². The molecule has 1 aromatic rings. The Morgan fingerprint density at radius 1 is 1.04 bits per heavy atom. The average molecular weight is 329 g/mol. The van der Waals surface area contributed by atoms with E-state index in [1.807, 2.05) is 17.0 Å². The van der Waals surface area contributed by atoms with Gasteiger partial charge in [0.05, 0.1) is 6.54 Å². The summed E-state index contributed by atoms with van der Waals surface area (Å²) in [7, 11) is 0. The lowest BCUT2D eigenvalue weighted by molar-refractivity contribution is -0.131. The van der Waals surface area contributed by atoms with Crippen LogP contribution < -0.4 is 10.6 Å². The normalized spacial score (nSPS) is 18.4. The number of hydrogen-bond donors (Lipinski definition) is 2. The van der Waals surface area contributed by atoms with Crippen LogP contribution in [-0.2, 0) is 17.8 Å². The maximum atomic E-state index is 12.3. The second kappa shape index (κ2) is 8.18. The van der Waals surface area contributed by atoms with Crippen molar-refractivity contribution < 1.29 is 9.59 Å². The molecule has 5 nitrogen and oxygen atoms in total. The van der Waals surface area contributed by atoms with Crippen molar-refractivity contribution in [1.29, 1.82) is 0 Å². The highest BCUT2D eigenvalue weighted by atomic mass is 16.2. The molecule has 3 amide bonds. The van der Waals surface area contributed by atoms with Crippen LogP contribution in [0.3, 0.4) is 0 Å². The van der Waals surface area contributed by atoms with E-state index in [1.54, 1.807) is 0 Å². The molecule has 0 atom stereocenters. The third-order valence-corrected chi connectivity index (χ3v) is 5.07. The second-order valence-electron chi connectivity index (χ2n) is 6.85. The van der Waals surface area contributed by atoms with Crippen molar-refractivity contribution in [3.8, 4) is 0 Å². The number of urea groups is 1. The van der Waals surface area contributed by atoms with E-state index in [2.05, 4.69) is 22.8 Å². The molecule has 1 aromatic carbocycles. The number of nitrogens with zero attached hydrogens (tertiary/aromatic N) is 1. The number of amides is 3. The van der Waals surface area contributed by atoms with Gasteiger partial charge in [0.1, 0.15) is 0 Å². The quantitative estimate of drug-likeness (QED) is 0.837. The van der Waals surface area contributed by atoms with Crippen LogP contribution in [-0.4, -0.2) is 36.0 Å². The average Bonchev–Trinajstić information content (AvgIpc) is 2.88. The molecule has 0 saturated heterocycles. The van der Waals surface area contributed by atoms with Crippen LogP contribution in [0.25, 0.3) is 0 Å². The maximum Gasteiger partial charge on any atom is 0.315 e.